The summed E-state index contributed by atoms with van der Waals surface area (Å²) in [4.78, 5) is 16.4. The zero-order chi connectivity index (χ0) is 16.7. The minimum absolute atomic E-state index is 0.167. The Kier molecular flexibility index (Phi) is 7.08. The number of pyridine rings is 1. The van der Waals surface area contributed by atoms with Crippen molar-refractivity contribution in [3.05, 3.63) is 28.2 Å². The Morgan fingerprint density at radius 3 is 2.57 bits per heavy atom. The summed E-state index contributed by atoms with van der Waals surface area (Å²) >= 11 is 0. The third-order valence-corrected chi connectivity index (χ3v) is 4.45. The minimum atomic E-state index is -0.295. The maximum absolute atomic E-state index is 11.8. The molecule has 23 heavy (non-hydrogen) atoms. The second kappa shape index (κ2) is 9.05. The van der Waals surface area contributed by atoms with Gasteiger partial charge in [0.25, 0.3) is 0 Å². The van der Waals surface area contributed by atoms with Gasteiger partial charge in [0, 0.05) is 44.5 Å². The quantitative estimate of drug-likeness (QED) is 0.777. The molecular weight excluding hydrogens is 294 g/mol. The van der Waals surface area contributed by atoms with Gasteiger partial charge in [-0.05, 0) is 19.5 Å². The van der Waals surface area contributed by atoms with Crippen LogP contribution in [0.3, 0.4) is 0 Å². The number of aryl methyl sites for hydroxylation is 1. The molecule has 6 nitrogen and oxygen atoms in total. The van der Waals surface area contributed by atoms with Crippen molar-refractivity contribution in [2.75, 3.05) is 45.9 Å². The number of rotatable bonds is 8. The summed E-state index contributed by atoms with van der Waals surface area (Å²) in [6.45, 7) is 12.3. The van der Waals surface area contributed by atoms with E-state index in [1.54, 1.807) is 12.3 Å². The van der Waals surface area contributed by atoms with Gasteiger partial charge in [-0.15, -0.1) is 0 Å². The van der Waals surface area contributed by atoms with Crippen LogP contribution in [0.5, 0.6) is 5.75 Å². The van der Waals surface area contributed by atoms with Crippen LogP contribution in [0.4, 0.5) is 0 Å². The molecule has 0 atom stereocenters. The Morgan fingerprint density at radius 2 is 1.91 bits per heavy atom. The standard InChI is InChI=1S/C17H29N3O3/c1-3-18(4-2)13-15-12-16(21)17(22)14-20(15)7-5-6-19-8-10-23-11-9-19/h12,14,22H,3-11,13H2,1-2H3. The van der Waals surface area contributed by atoms with Gasteiger partial charge in [-0.2, -0.15) is 0 Å². The van der Waals surface area contributed by atoms with Crippen molar-refractivity contribution in [1.29, 1.82) is 0 Å². The van der Waals surface area contributed by atoms with Gasteiger partial charge in [-0.1, -0.05) is 13.8 Å². The number of hydrogen-bond acceptors (Lipinski definition) is 5. The monoisotopic (exact) mass is 323 g/mol. The van der Waals surface area contributed by atoms with Crippen molar-refractivity contribution in [2.24, 2.45) is 0 Å². The summed E-state index contributed by atoms with van der Waals surface area (Å²) in [7, 11) is 0. The molecule has 0 spiro atoms. The molecule has 1 aliphatic rings. The van der Waals surface area contributed by atoms with Gasteiger partial charge in [0.15, 0.2) is 5.75 Å². The molecule has 0 amide bonds. The number of aromatic hydroxyl groups is 1. The van der Waals surface area contributed by atoms with Gasteiger partial charge in [0.2, 0.25) is 5.43 Å². The van der Waals surface area contributed by atoms with Gasteiger partial charge < -0.3 is 14.4 Å². The molecule has 1 aliphatic heterocycles. The van der Waals surface area contributed by atoms with Crippen molar-refractivity contribution in [2.45, 2.75) is 33.4 Å². The number of nitrogens with zero attached hydrogens (tertiary/aromatic N) is 3. The Labute approximate surface area is 138 Å². The summed E-state index contributed by atoms with van der Waals surface area (Å²) in [5, 5.41) is 9.75. The van der Waals surface area contributed by atoms with Crippen molar-refractivity contribution in [3.63, 3.8) is 0 Å². The summed E-state index contributed by atoms with van der Waals surface area (Å²) in [5.74, 6) is -0.167. The lowest BCUT2D eigenvalue weighted by molar-refractivity contribution is 0.0369. The maximum atomic E-state index is 11.8. The van der Waals surface area contributed by atoms with Gasteiger partial charge in [0.1, 0.15) is 0 Å². The topological polar surface area (TPSA) is 57.9 Å². The van der Waals surface area contributed by atoms with Gasteiger partial charge in [-0.3, -0.25) is 14.6 Å². The lowest BCUT2D eigenvalue weighted by Gasteiger charge is -2.27. The number of morpholine rings is 1. The van der Waals surface area contributed by atoms with Crippen LogP contribution >= 0.6 is 0 Å². The van der Waals surface area contributed by atoms with E-state index in [2.05, 4.69) is 23.6 Å². The molecule has 1 aromatic rings. The van der Waals surface area contributed by atoms with Crippen LogP contribution in [0.15, 0.2) is 17.1 Å². The zero-order valence-corrected chi connectivity index (χ0v) is 14.3. The normalized spacial score (nSPS) is 16.1. The molecule has 1 fully saturated rings. The number of ether oxygens (including phenoxy) is 1. The Morgan fingerprint density at radius 1 is 1.22 bits per heavy atom. The van der Waals surface area contributed by atoms with Crippen molar-refractivity contribution < 1.29 is 9.84 Å². The molecule has 2 heterocycles. The Hall–Kier alpha value is -1.37. The smallest absolute Gasteiger partial charge is 0.223 e. The fourth-order valence-electron chi connectivity index (χ4n) is 2.91. The fourth-order valence-corrected chi connectivity index (χ4v) is 2.91. The summed E-state index contributed by atoms with van der Waals surface area (Å²) < 4.78 is 7.38. The molecule has 1 aromatic heterocycles. The van der Waals surface area contributed by atoms with Gasteiger partial charge >= 0.3 is 0 Å². The molecule has 0 saturated carbocycles. The molecular formula is C17H29N3O3. The molecule has 2 rings (SSSR count). The van der Waals surface area contributed by atoms with Crippen LogP contribution in [0.25, 0.3) is 0 Å². The zero-order valence-electron chi connectivity index (χ0n) is 14.3. The molecule has 0 bridgehead atoms. The van der Waals surface area contributed by atoms with E-state index in [1.165, 1.54) is 0 Å². The van der Waals surface area contributed by atoms with Crippen molar-refractivity contribution >= 4 is 0 Å². The highest BCUT2D eigenvalue weighted by atomic mass is 16.5. The molecule has 130 valence electrons. The number of hydrogen-bond donors (Lipinski definition) is 1. The van der Waals surface area contributed by atoms with Crippen LogP contribution < -0.4 is 5.43 Å². The summed E-state index contributed by atoms with van der Waals surface area (Å²) in [6.07, 6.45) is 2.58. The van der Waals surface area contributed by atoms with Crippen molar-refractivity contribution in [1.82, 2.24) is 14.4 Å². The van der Waals surface area contributed by atoms with Crippen LogP contribution in [-0.4, -0.2) is 65.4 Å². The first-order valence-electron chi connectivity index (χ1n) is 8.58. The molecule has 1 saturated heterocycles. The first-order chi connectivity index (χ1) is 11.1. The molecule has 0 radical (unpaired) electrons. The Bertz CT molecular complexity index is 534. The minimum Gasteiger partial charge on any atom is -0.503 e. The van der Waals surface area contributed by atoms with Crippen LogP contribution in [-0.2, 0) is 17.8 Å². The van der Waals surface area contributed by atoms with E-state index in [1.807, 2.05) is 4.57 Å². The van der Waals surface area contributed by atoms with E-state index >= 15 is 0 Å². The highest BCUT2D eigenvalue weighted by Crippen LogP contribution is 2.10. The average Bonchev–Trinajstić information content (AvgIpc) is 2.57. The summed E-state index contributed by atoms with van der Waals surface area (Å²) in [6, 6.07) is 1.57. The Balaban J connectivity index is 2.00. The second-order valence-electron chi connectivity index (χ2n) is 5.98. The van der Waals surface area contributed by atoms with Gasteiger partial charge in [-0.25, -0.2) is 0 Å². The third-order valence-electron chi connectivity index (χ3n) is 4.45. The lowest BCUT2D eigenvalue weighted by atomic mass is 10.2. The van der Waals surface area contributed by atoms with Crippen LogP contribution in [0.2, 0.25) is 0 Å². The third kappa shape index (κ3) is 5.34. The van der Waals surface area contributed by atoms with E-state index in [-0.39, 0.29) is 11.2 Å². The van der Waals surface area contributed by atoms with Crippen molar-refractivity contribution in [3.8, 4) is 5.75 Å². The highest BCUT2D eigenvalue weighted by molar-refractivity contribution is 5.20. The SMILES string of the molecule is CCN(CC)Cc1cc(=O)c(O)cn1CCCN1CCOCC1. The van der Waals surface area contributed by atoms with E-state index in [4.69, 9.17) is 4.74 Å². The molecule has 0 aliphatic carbocycles. The first kappa shape index (κ1) is 18.0. The molecule has 0 aromatic carbocycles. The second-order valence-corrected chi connectivity index (χ2v) is 5.98. The van der Waals surface area contributed by atoms with Gasteiger partial charge in [0.05, 0.1) is 19.4 Å². The van der Waals surface area contributed by atoms with E-state index in [9.17, 15) is 9.90 Å². The predicted molar refractivity (Wildman–Crippen MR) is 90.9 cm³/mol. The molecule has 1 N–H and O–H groups in total. The van der Waals surface area contributed by atoms with E-state index in [0.717, 1.165) is 71.1 Å². The maximum Gasteiger partial charge on any atom is 0.223 e. The highest BCUT2D eigenvalue weighted by Gasteiger charge is 2.12. The molecule has 6 heteroatoms. The van der Waals surface area contributed by atoms with E-state index in [0.29, 0.717) is 0 Å². The summed E-state index contributed by atoms with van der Waals surface area (Å²) in [5.41, 5.74) is 0.676. The van der Waals surface area contributed by atoms with E-state index < -0.39 is 0 Å². The lowest BCUT2D eigenvalue weighted by Crippen LogP contribution is -2.37. The predicted octanol–water partition coefficient (Wildman–Crippen LogP) is 1.12. The molecule has 0 unspecified atom stereocenters. The largest absolute Gasteiger partial charge is 0.503 e. The fraction of sp³-hybridized carbons (Fsp3) is 0.706. The first-order valence-corrected chi connectivity index (χ1v) is 8.58. The van der Waals surface area contributed by atoms with Crippen LogP contribution in [0, 0.1) is 0 Å². The van der Waals surface area contributed by atoms with Crippen LogP contribution in [0.1, 0.15) is 26.0 Å². The average molecular weight is 323 g/mol. The number of aromatic nitrogens is 1.